The monoisotopic (exact) mass is 439 g/mol. The van der Waals surface area contributed by atoms with Crippen molar-refractivity contribution in [1.82, 2.24) is 4.90 Å². The Hall–Kier alpha value is -2.93. The number of fused-ring (bicyclic) bond motifs is 1. The Balaban J connectivity index is 1.49. The van der Waals surface area contributed by atoms with Gasteiger partial charge >= 0.3 is 0 Å². The van der Waals surface area contributed by atoms with Gasteiger partial charge in [-0.1, -0.05) is 40.2 Å². The zero-order chi connectivity index (χ0) is 19.7. The summed E-state index contributed by atoms with van der Waals surface area (Å²) in [6, 6.07) is 18.2. The van der Waals surface area contributed by atoms with Crippen molar-refractivity contribution in [3.05, 3.63) is 80.8 Å². The second-order valence-electron chi connectivity index (χ2n) is 6.69. The molecule has 0 radical (unpaired) electrons. The van der Waals surface area contributed by atoms with Crippen molar-refractivity contribution >= 4 is 44.0 Å². The summed E-state index contributed by atoms with van der Waals surface area (Å²) in [4.78, 5) is 27.5. The molecule has 142 valence electrons. The van der Waals surface area contributed by atoms with E-state index in [0.29, 0.717) is 31.7 Å². The summed E-state index contributed by atoms with van der Waals surface area (Å²) >= 11 is 3.55. The number of nitro benzene ring substituents is 1. The number of piperazine rings is 1. The van der Waals surface area contributed by atoms with Gasteiger partial charge in [0.1, 0.15) is 0 Å². The van der Waals surface area contributed by atoms with Crippen molar-refractivity contribution in [1.29, 1.82) is 0 Å². The Morgan fingerprint density at radius 2 is 1.54 bits per heavy atom. The summed E-state index contributed by atoms with van der Waals surface area (Å²) in [6.45, 7) is 2.61. The Kier molecular flexibility index (Phi) is 5.00. The Labute approximate surface area is 170 Å². The Morgan fingerprint density at radius 1 is 0.893 bits per heavy atom. The molecule has 1 fully saturated rings. The number of nitro groups is 1. The number of anilines is 1. The van der Waals surface area contributed by atoms with Crippen LogP contribution in [-0.2, 0) is 0 Å². The average Bonchev–Trinajstić information content (AvgIpc) is 2.73. The third-order valence-electron chi connectivity index (χ3n) is 5.09. The number of benzene rings is 3. The van der Waals surface area contributed by atoms with Crippen LogP contribution in [0.4, 0.5) is 11.4 Å². The summed E-state index contributed by atoms with van der Waals surface area (Å²) < 4.78 is 0.975. The smallest absolute Gasteiger partial charge is 0.269 e. The molecule has 3 aromatic carbocycles. The molecular weight excluding hydrogens is 422 g/mol. The molecule has 7 heteroatoms. The van der Waals surface area contributed by atoms with E-state index in [-0.39, 0.29) is 11.6 Å². The molecule has 1 heterocycles. The number of hydrogen-bond donors (Lipinski definition) is 0. The summed E-state index contributed by atoms with van der Waals surface area (Å²) in [5, 5.41) is 12.8. The van der Waals surface area contributed by atoms with Crippen LogP contribution in [0.3, 0.4) is 0 Å². The number of rotatable bonds is 3. The lowest BCUT2D eigenvalue weighted by atomic mass is 10.0. The first kappa shape index (κ1) is 18.4. The van der Waals surface area contributed by atoms with Crippen LogP contribution in [-0.4, -0.2) is 41.9 Å². The zero-order valence-electron chi connectivity index (χ0n) is 15.0. The molecule has 0 bridgehead atoms. The molecule has 0 atom stereocenters. The van der Waals surface area contributed by atoms with E-state index in [1.807, 2.05) is 41.3 Å². The lowest BCUT2D eigenvalue weighted by Gasteiger charge is -2.36. The third kappa shape index (κ3) is 3.45. The van der Waals surface area contributed by atoms with E-state index in [1.165, 1.54) is 12.1 Å². The van der Waals surface area contributed by atoms with E-state index in [9.17, 15) is 14.9 Å². The molecule has 3 aromatic rings. The molecule has 0 unspecified atom stereocenters. The number of carbonyl (C=O) groups excluding carboxylic acids is 1. The number of halogens is 1. The number of nitrogens with zero attached hydrogens (tertiary/aromatic N) is 3. The highest BCUT2D eigenvalue weighted by Gasteiger charge is 2.24. The molecule has 0 N–H and O–H groups in total. The minimum Gasteiger partial charge on any atom is -0.368 e. The van der Waals surface area contributed by atoms with Gasteiger partial charge in [0.15, 0.2) is 0 Å². The summed E-state index contributed by atoms with van der Waals surface area (Å²) in [7, 11) is 0. The van der Waals surface area contributed by atoms with Crippen LogP contribution in [0, 0.1) is 10.1 Å². The van der Waals surface area contributed by atoms with Gasteiger partial charge in [-0.3, -0.25) is 14.9 Å². The Bertz CT molecular complexity index is 1040. The molecule has 28 heavy (non-hydrogen) atoms. The fourth-order valence-electron chi connectivity index (χ4n) is 3.58. The number of amides is 1. The van der Waals surface area contributed by atoms with Crippen molar-refractivity contribution in [3.8, 4) is 0 Å². The largest absolute Gasteiger partial charge is 0.368 e. The molecule has 1 amide bonds. The first-order valence-electron chi connectivity index (χ1n) is 9.00. The van der Waals surface area contributed by atoms with E-state index in [0.717, 1.165) is 20.9 Å². The maximum absolute atomic E-state index is 13.1. The minimum atomic E-state index is -0.400. The average molecular weight is 440 g/mol. The van der Waals surface area contributed by atoms with Crippen LogP contribution in [0.15, 0.2) is 65.1 Å². The maximum atomic E-state index is 13.1. The van der Waals surface area contributed by atoms with E-state index in [2.05, 4.69) is 20.8 Å². The van der Waals surface area contributed by atoms with Gasteiger partial charge in [0.05, 0.1) is 4.92 Å². The molecule has 0 saturated carbocycles. The molecular formula is C21H18BrN3O3. The highest BCUT2D eigenvalue weighted by Crippen LogP contribution is 2.28. The Morgan fingerprint density at radius 3 is 2.21 bits per heavy atom. The van der Waals surface area contributed by atoms with Crippen molar-refractivity contribution in [2.45, 2.75) is 0 Å². The van der Waals surface area contributed by atoms with Crippen molar-refractivity contribution < 1.29 is 9.72 Å². The van der Waals surface area contributed by atoms with Crippen molar-refractivity contribution in [2.24, 2.45) is 0 Å². The lowest BCUT2D eigenvalue weighted by molar-refractivity contribution is -0.384. The van der Waals surface area contributed by atoms with Gasteiger partial charge in [-0.05, 0) is 35.0 Å². The third-order valence-corrected chi connectivity index (χ3v) is 5.78. The molecule has 1 aliphatic heterocycles. The summed E-state index contributed by atoms with van der Waals surface area (Å²) in [5.41, 5.74) is 1.73. The normalized spacial score (nSPS) is 14.3. The molecule has 6 nitrogen and oxygen atoms in total. The molecule has 0 aliphatic carbocycles. The van der Waals surface area contributed by atoms with Gasteiger partial charge in [-0.15, -0.1) is 0 Å². The fraction of sp³-hybridized carbons (Fsp3) is 0.190. The van der Waals surface area contributed by atoms with Crippen LogP contribution < -0.4 is 4.90 Å². The van der Waals surface area contributed by atoms with Gasteiger partial charge in [0.25, 0.3) is 11.6 Å². The van der Waals surface area contributed by atoms with E-state index < -0.39 is 4.92 Å². The summed E-state index contributed by atoms with van der Waals surface area (Å²) in [5.74, 6) is 0.0343. The predicted molar refractivity (Wildman–Crippen MR) is 113 cm³/mol. The van der Waals surface area contributed by atoms with Gasteiger partial charge in [-0.25, -0.2) is 0 Å². The molecule has 1 saturated heterocycles. The highest BCUT2D eigenvalue weighted by atomic mass is 79.9. The van der Waals surface area contributed by atoms with Crippen LogP contribution >= 0.6 is 15.9 Å². The first-order chi connectivity index (χ1) is 13.5. The van der Waals surface area contributed by atoms with Gasteiger partial charge in [0, 0.05) is 54.0 Å². The molecule has 4 rings (SSSR count). The summed E-state index contributed by atoms with van der Waals surface area (Å²) in [6.07, 6.45) is 0. The fourth-order valence-corrected chi connectivity index (χ4v) is 4.08. The second-order valence-corrected chi connectivity index (χ2v) is 7.55. The first-order valence-corrected chi connectivity index (χ1v) is 9.80. The molecule has 1 aliphatic rings. The number of carbonyl (C=O) groups is 1. The zero-order valence-corrected chi connectivity index (χ0v) is 16.6. The SMILES string of the molecule is O=C(c1cccc2c(Br)cccc12)N1CCN(c2ccc([N+](=O)[O-])cc2)CC1. The number of hydrogen-bond acceptors (Lipinski definition) is 4. The topological polar surface area (TPSA) is 66.7 Å². The van der Waals surface area contributed by atoms with Gasteiger partial charge in [0.2, 0.25) is 0 Å². The van der Waals surface area contributed by atoms with E-state index >= 15 is 0 Å². The quantitative estimate of drug-likeness (QED) is 0.445. The molecule has 0 spiro atoms. The van der Waals surface area contributed by atoms with E-state index in [4.69, 9.17) is 0 Å². The van der Waals surface area contributed by atoms with E-state index in [1.54, 1.807) is 12.1 Å². The van der Waals surface area contributed by atoms with Gasteiger partial charge in [-0.2, -0.15) is 0 Å². The van der Waals surface area contributed by atoms with Crippen LogP contribution in [0.2, 0.25) is 0 Å². The second kappa shape index (κ2) is 7.59. The van der Waals surface area contributed by atoms with Crippen LogP contribution in [0.25, 0.3) is 10.8 Å². The van der Waals surface area contributed by atoms with Crippen molar-refractivity contribution in [3.63, 3.8) is 0 Å². The van der Waals surface area contributed by atoms with Crippen LogP contribution in [0.5, 0.6) is 0 Å². The number of non-ortho nitro benzene ring substituents is 1. The van der Waals surface area contributed by atoms with Crippen LogP contribution in [0.1, 0.15) is 10.4 Å². The maximum Gasteiger partial charge on any atom is 0.269 e. The predicted octanol–water partition coefficient (Wildman–Crippen LogP) is 4.47. The highest BCUT2D eigenvalue weighted by molar-refractivity contribution is 9.10. The van der Waals surface area contributed by atoms with Crippen molar-refractivity contribution in [2.75, 3.05) is 31.1 Å². The standard InChI is InChI=1S/C21H18BrN3O3/c22-20-6-2-3-17-18(20)4-1-5-19(17)21(26)24-13-11-23(12-14-24)15-7-9-16(10-8-15)25(27)28/h1-10H,11-14H2. The lowest BCUT2D eigenvalue weighted by Crippen LogP contribution is -2.48. The minimum absolute atomic E-state index is 0.0343. The molecule has 0 aromatic heterocycles. The van der Waals surface area contributed by atoms with Gasteiger partial charge < -0.3 is 9.80 Å².